The summed E-state index contributed by atoms with van der Waals surface area (Å²) in [5.74, 6) is -1.05. The number of hydrogen-bond donors (Lipinski definition) is 3. The predicted molar refractivity (Wildman–Crippen MR) is 133 cm³/mol. The molecule has 0 aliphatic carbocycles. The SMILES string of the molecule is CCc1ccc(CNC(=O)C(Cc2ccccc2)NC(=O)C(C)NC(=O)c2ccccc2)cc1. The lowest BCUT2D eigenvalue weighted by molar-refractivity contribution is -0.129. The van der Waals surface area contributed by atoms with Crippen LogP contribution in [0.5, 0.6) is 0 Å². The van der Waals surface area contributed by atoms with Crippen LogP contribution in [0.1, 0.15) is 40.9 Å². The number of rotatable bonds is 10. The van der Waals surface area contributed by atoms with Crippen LogP contribution in [0.15, 0.2) is 84.9 Å². The highest BCUT2D eigenvalue weighted by molar-refractivity contribution is 5.98. The molecule has 0 bridgehead atoms. The third-order valence-electron chi connectivity index (χ3n) is 5.59. The van der Waals surface area contributed by atoms with Crippen LogP contribution >= 0.6 is 0 Å². The van der Waals surface area contributed by atoms with Crippen LogP contribution in [0.4, 0.5) is 0 Å². The van der Waals surface area contributed by atoms with Gasteiger partial charge >= 0.3 is 0 Å². The summed E-state index contributed by atoms with van der Waals surface area (Å²) >= 11 is 0. The molecule has 0 saturated carbocycles. The van der Waals surface area contributed by atoms with Gasteiger partial charge in [0.05, 0.1) is 0 Å². The standard InChI is InChI=1S/C28H31N3O3/c1-3-21-14-16-23(17-15-21)19-29-28(34)25(18-22-10-6-4-7-11-22)31-26(32)20(2)30-27(33)24-12-8-5-9-13-24/h4-17,20,25H,3,18-19H2,1-2H3,(H,29,34)(H,30,33)(H,31,32). The van der Waals surface area contributed by atoms with Gasteiger partial charge in [0.2, 0.25) is 11.8 Å². The minimum absolute atomic E-state index is 0.279. The summed E-state index contributed by atoms with van der Waals surface area (Å²) in [6.07, 6.45) is 1.29. The lowest BCUT2D eigenvalue weighted by Crippen LogP contribution is -2.53. The zero-order valence-corrected chi connectivity index (χ0v) is 19.6. The molecule has 0 fully saturated rings. The van der Waals surface area contributed by atoms with Gasteiger partial charge in [-0.15, -0.1) is 0 Å². The first-order valence-corrected chi connectivity index (χ1v) is 11.5. The molecule has 0 saturated heterocycles. The Balaban J connectivity index is 1.64. The van der Waals surface area contributed by atoms with E-state index >= 15 is 0 Å². The molecule has 34 heavy (non-hydrogen) atoms. The smallest absolute Gasteiger partial charge is 0.251 e. The monoisotopic (exact) mass is 457 g/mol. The summed E-state index contributed by atoms with van der Waals surface area (Å²) in [5.41, 5.74) is 3.61. The Kier molecular flexibility index (Phi) is 8.97. The molecule has 3 amide bonds. The molecule has 176 valence electrons. The van der Waals surface area contributed by atoms with Crippen molar-refractivity contribution in [3.63, 3.8) is 0 Å². The number of benzene rings is 3. The zero-order valence-electron chi connectivity index (χ0n) is 19.6. The fourth-order valence-electron chi connectivity index (χ4n) is 3.50. The van der Waals surface area contributed by atoms with E-state index in [1.807, 2.05) is 60.7 Å². The van der Waals surface area contributed by atoms with Gasteiger partial charge in [0.25, 0.3) is 5.91 Å². The van der Waals surface area contributed by atoms with Gasteiger partial charge in [-0.2, -0.15) is 0 Å². The van der Waals surface area contributed by atoms with Crippen LogP contribution in [-0.2, 0) is 29.0 Å². The minimum atomic E-state index is -0.805. The van der Waals surface area contributed by atoms with Crippen molar-refractivity contribution in [2.75, 3.05) is 0 Å². The molecule has 3 N–H and O–H groups in total. The predicted octanol–water partition coefficient (Wildman–Crippen LogP) is 3.41. The van der Waals surface area contributed by atoms with Crippen LogP contribution in [0.25, 0.3) is 0 Å². The van der Waals surface area contributed by atoms with Crippen LogP contribution in [-0.4, -0.2) is 29.8 Å². The molecule has 6 heteroatoms. The van der Waals surface area contributed by atoms with Gasteiger partial charge in [-0.05, 0) is 42.2 Å². The molecule has 2 unspecified atom stereocenters. The van der Waals surface area contributed by atoms with Crippen molar-refractivity contribution in [2.45, 2.75) is 45.3 Å². The Labute approximate surface area is 200 Å². The second-order valence-electron chi connectivity index (χ2n) is 8.20. The lowest BCUT2D eigenvalue weighted by Gasteiger charge is -2.21. The Bertz CT molecular complexity index is 1080. The normalized spacial score (nSPS) is 12.3. The van der Waals surface area contributed by atoms with E-state index in [4.69, 9.17) is 0 Å². The maximum absolute atomic E-state index is 13.0. The minimum Gasteiger partial charge on any atom is -0.350 e. The number of aryl methyl sites for hydroxylation is 1. The van der Waals surface area contributed by atoms with Gasteiger partial charge in [-0.1, -0.05) is 79.7 Å². The van der Waals surface area contributed by atoms with Gasteiger partial charge in [0, 0.05) is 18.5 Å². The van der Waals surface area contributed by atoms with Crippen molar-refractivity contribution in [2.24, 2.45) is 0 Å². The molecule has 0 aliphatic heterocycles. The van der Waals surface area contributed by atoms with E-state index in [2.05, 4.69) is 22.9 Å². The molecular weight excluding hydrogens is 426 g/mol. The fourth-order valence-corrected chi connectivity index (χ4v) is 3.50. The first-order valence-electron chi connectivity index (χ1n) is 11.5. The molecule has 3 aromatic carbocycles. The molecule has 0 spiro atoms. The summed E-state index contributed by atoms with van der Waals surface area (Å²) in [6, 6.07) is 24.7. The molecule has 2 atom stereocenters. The average molecular weight is 458 g/mol. The highest BCUT2D eigenvalue weighted by Crippen LogP contribution is 2.07. The first-order chi connectivity index (χ1) is 16.5. The van der Waals surface area contributed by atoms with Gasteiger partial charge in [-0.3, -0.25) is 14.4 Å². The Morgan fingerprint density at radius 2 is 1.29 bits per heavy atom. The number of amides is 3. The van der Waals surface area contributed by atoms with Crippen molar-refractivity contribution in [1.29, 1.82) is 0 Å². The maximum atomic E-state index is 13.0. The number of nitrogens with one attached hydrogen (secondary N) is 3. The third kappa shape index (κ3) is 7.30. The van der Waals surface area contributed by atoms with E-state index in [1.54, 1.807) is 31.2 Å². The van der Waals surface area contributed by atoms with E-state index in [1.165, 1.54) is 5.56 Å². The summed E-state index contributed by atoms with van der Waals surface area (Å²) in [7, 11) is 0. The molecule has 6 nitrogen and oxygen atoms in total. The van der Waals surface area contributed by atoms with Crippen LogP contribution < -0.4 is 16.0 Å². The summed E-state index contributed by atoms with van der Waals surface area (Å²) in [4.78, 5) is 38.3. The Morgan fingerprint density at radius 3 is 1.91 bits per heavy atom. The van der Waals surface area contributed by atoms with Crippen molar-refractivity contribution in [3.8, 4) is 0 Å². The fraction of sp³-hybridized carbons (Fsp3) is 0.250. The van der Waals surface area contributed by atoms with Gasteiger partial charge < -0.3 is 16.0 Å². The summed E-state index contributed by atoms with van der Waals surface area (Å²) in [6.45, 7) is 4.06. The van der Waals surface area contributed by atoms with E-state index in [0.29, 0.717) is 18.5 Å². The van der Waals surface area contributed by atoms with Gasteiger partial charge in [0.1, 0.15) is 12.1 Å². The summed E-state index contributed by atoms with van der Waals surface area (Å²) in [5, 5.41) is 8.43. The van der Waals surface area contributed by atoms with Crippen molar-refractivity contribution < 1.29 is 14.4 Å². The van der Waals surface area contributed by atoms with Crippen LogP contribution in [0, 0.1) is 0 Å². The van der Waals surface area contributed by atoms with Gasteiger partial charge in [-0.25, -0.2) is 0 Å². The van der Waals surface area contributed by atoms with Crippen molar-refractivity contribution >= 4 is 17.7 Å². The van der Waals surface area contributed by atoms with Crippen molar-refractivity contribution in [1.82, 2.24) is 16.0 Å². The molecule has 0 radical (unpaired) electrons. The van der Waals surface area contributed by atoms with E-state index < -0.39 is 18.0 Å². The first kappa shape index (κ1) is 24.7. The highest BCUT2D eigenvalue weighted by atomic mass is 16.2. The Hall–Kier alpha value is -3.93. The topological polar surface area (TPSA) is 87.3 Å². The zero-order chi connectivity index (χ0) is 24.3. The molecule has 0 aromatic heterocycles. The largest absolute Gasteiger partial charge is 0.350 e. The molecule has 3 rings (SSSR count). The summed E-state index contributed by atoms with van der Waals surface area (Å²) < 4.78 is 0. The maximum Gasteiger partial charge on any atom is 0.251 e. The molecule has 0 aliphatic rings. The molecular formula is C28H31N3O3. The van der Waals surface area contributed by atoms with E-state index in [0.717, 1.165) is 17.5 Å². The third-order valence-corrected chi connectivity index (χ3v) is 5.59. The van der Waals surface area contributed by atoms with Gasteiger partial charge in [0.15, 0.2) is 0 Å². The molecule has 0 heterocycles. The average Bonchev–Trinajstić information content (AvgIpc) is 2.88. The number of carbonyl (C=O) groups is 3. The lowest BCUT2D eigenvalue weighted by atomic mass is 10.0. The van der Waals surface area contributed by atoms with Crippen LogP contribution in [0.2, 0.25) is 0 Å². The number of carbonyl (C=O) groups excluding carboxylic acids is 3. The second kappa shape index (κ2) is 12.3. The van der Waals surface area contributed by atoms with E-state index in [9.17, 15) is 14.4 Å². The highest BCUT2D eigenvalue weighted by Gasteiger charge is 2.25. The quantitative estimate of drug-likeness (QED) is 0.436. The second-order valence-corrected chi connectivity index (χ2v) is 8.20. The van der Waals surface area contributed by atoms with E-state index in [-0.39, 0.29) is 11.8 Å². The Morgan fingerprint density at radius 1 is 0.706 bits per heavy atom. The molecule has 3 aromatic rings. The van der Waals surface area contributed by atoms with Crippen LogP contribution in [0.3, 0.4) is 0 Å². The number of hydrogen-bond acceptors (Lipinski definition) is 3. The van der Waals surface area contributed by atoms with Crippen molar-refractivity contribution in [3.05, 3.63) is 107 Å².